The number of rotatable bonds is 6. The Morgan fingerprint density at radius 1 is 1.24 bits per heavy atom. The van der Waals surface area contributed by atoms with Crippen LogP contribution in [0.15, 0.2) is 18.2 Å². The maximum atomic E-state index is 13.2. The highest BCUT2D eigenvalue weighted by Gasteiger charge is 2.25. The Morgan fingerprint density at radius 3 is 2.57 bits per heavy atom. The number of nitrogens with two attached hydrogens (primary N) is 1. The number of halogens is 1. The predicted molar refractivity (Wildman–Crippen MR) is 87.8 cm³/mol. The highest BCUT2D eigenvalue weighted by molar-refractivity contribution is 5.27. The molecule has 2 rings (SSSR count). The molecule has 0 bridgehead atoms. The SMILES string of the molecule is CCCCC1CCC(C(N)Cc2ccc(F)cc2C)CC1. The lowest BCUT2D eigenvalue weighted by molar-refractivity contribution is 0.230. The molecule has 2 heteroatoms. The molecule has 21 heavy (non-hydrogen) atoms. The highest BCUT2D eigenvalue weighted by Crippen LogP contribution is 2.34. The fourth-order valence-electron chi connectivity index (χ4n) is 3.71. The molecule has 0 amide bonds. The van der Waals surface area contributed by atoms with E-state index in [0.29, 0.717) is 5.92 Å². The minimum Gasteiger partial charge on any atom is -0.327 e. The van der Waals surface area contributed by atoms with Crippen LogP contribution in [-0.2, 0) is 6.42 Å². The summed E-state index contributed by atoms with van der Waals surface area (Å²) in [5.41, 5.74) is 8.67. The summed E-state index contributed by atoms with van der Waals surface area (Å²) >= 11 is 0. The molecule has 1 aliphatic rings. The van der Waals surface area contributed by atoms with Gasteiger partial charge in [-0.05, 0) is 61.3 Å². The molecule has 0 aliphatic heterocycles. The third-order valence-corrected chi connectivity index (χ3v) is 5.22. The van der Waals surface area contributed by atoms with E-state index in [4.69, 9.17) is 5.73 Å². The van der Waals surface area contributed by atoms with Crippen molar-refractivity contribution >= 4 is 0 Å². The lowest BCUT2D eigenvalue weighted by Crippen LogP contribution is -2.35. The van der Waals surface area contributed by atoms with E-state index in [1.165, 1.54) is 50.5 Å². The van der Waals surface area contributed by atoms with Gasteiger partial charge in [0.25, 0.3) is 0 Å². The van der Waals surface area contributed by atoms with Crippen LogP contribution in [0.5, 0.6) is 0 Å². The van der Waals surface area contributed by atoms with Gasteiger partial charge in [-0.1, -0.05) is 45.1 Å². The van der Waals surface area contributed by atoms with E-state index in [0.717, 1.165) is 17.9 Å². The van der Waals surface area contributed by atoms with Crippen LogP contribution in [0, 0.1) is 24.6 Å². The molecule has 0 heterocycles. The minimum absolute atomic E-state index is 0.152. The first-order valence-corrected chi connectivity index (χ1v) is 8.60. The first-order valence-electron chi connectivity index (χ1n) is 8.60. The molecule has 0 radical (unpaired) electrons. The monoisotopic (exact) mass is 291 g/mol. The third kappa shape index (κ3) is 4.81. The standard InChI is InChI=1S/C19H30FN/c1-3-4-5-15-6-8-16(9-7-15)19(21)13-17-10-11-18(20)12-14(17)2/h10-12,15-16,19H,3-9,13,21H2,1-2H3. The molecule has 1 aliphatic carbocycles. The molecule has 118 valence electrons. The van der Waals surface area contributed by atoms with Crippen LogP contribution in [0.4, 0.5) is 4.39 Å². The Hall–Kier alpha value is -0.890. The summed E-state index contributed by atoms with van der Waals surface area (Å²) in [6.07, 6.45) is 10.2. The Kier molecular flexibility index (Phi) is 6.22. The van der Waals surface area contributed by atoms with Crippen LogP contribution in [0.2, 0.25) is 0 Å². The van der Waals surface area contributed by atoms with Gasteiger partial charge in [0, 0.05) is 6.04 Å². The van der Waals surface area contributed by atoms with Gasteiger partial charge in [0.05, 0.1) is 0 Å². The zero-order valence-electron chi connectivity index (χ0n) is 13.6. The fourth-order valence-corrected chi connectivity index (χ4v) is 3.71. The van der Waals surface area contributed by atoms with Gasteiger partial charge < -0.3 is 5.73 Å². The molecule has 1 aromatic rings. The van der Waals surface area contributed by atoms with E-state index in [-0.39, 0.29) is 11.9 Å². The van der Waals surface area contributed by atoms with Crippen molar-refractivity contribution in [3.63, 3.8) is 0 Å². The van der Waals surface area contributed by atoms with Crippen LogP contribution < -0.4 is 5.73 Å². The zero-order valence-corrected chi connectivity index (χ0v) is 13.6. The third-order valence-electron chi connectivity index (χ3n) is 5.22. The largest absolute Gasteiger partial charge is 0.327 e. The topological polar surface area (TPSA) is 26.0 Å². The second-order valence-corrected chi connectivity index (χ2v) is 6.86. The minimum atomic E-state index is -0.152. The molecule has 1 nitrogen and oxygen atoms in total. The lowest BCUT2D eigenvalue weighted by atomic mass is 9.76. The molecule has 1 saturated carbocycles. The Balaban J connectivity index is 1.83. The molecule has 1 fully saturated rings. The Morgan fingerprint density at radius 2 is 1.95 bits per heavy atom. The summed E-state index contributed by atoms with van der Waals surface area (Å²) < 4.78 is 13.2. The number of hydrogen-bond acceptors (Lipinski definition) is 1. The number of hydrogen-bond donors (Lipinski definition) is 1. The summed E-state index contributed by atoms with van der Waals surface area (Å²) in [6, 6.07) is 5.29. The van der Waals surface area contributed by atoms with Gasteiger partial charge in [0.1, 0.15) is 5.82 Å². The average molecular weight is 291 g/mol. The van der Waals surface area contributed by atoms with Crippen LogP contribution >= 0.6 is 0 Å². The Labute approximate surface area is 129 Å². The average Bonchev–Trinajstić information content (AvgIpc) is 2.48. The van der Waals surface area contributed by atoms with Crippen molar-refractivity contribution < 1.29 is 4.39 Å². The summed E-state index contributed by atoms with van der Waals surface area (Å²) in [5, 5.41) is 0. The van der Waals surface area contributed by atoms with Crippen molar-refractivity contribution in [2.24, 2.45) is 17.6 Å². The molecule has 0 aromatic heterocycles. The first kappa shape index (κ1) is 16.5. The maximum Gasteiger partial charge on any atom is 0.123 e. The molecular formula is C19H30FN. The van der Waals surface area contributed by atoms with Gasteiger partial charge in [0.2, 0.25) is 0 Å². The molecule has 0 spiro atoms. The van der Waals surface area contributed by atoms with Crippen molar-refractivity contribution in [1.29, 1.82) is 0 Å². The van der Waals surface area contributed by atoms with Gasteiger partial charge in [-0.3, -0.25) is 0 Å². The lowest BCUT2D eigenvalue weighted by Gasteiger charge is -2.32. The molecule has 1 aromatic carbocycles. The van der Waals surface area contributed by atoms with E-state index >= 15 is 0 Å². The highest BCUT2D eigenvalue weighted by atomic mass is 19.1. The molecule has 2 N–H and O–H groups in total. The second-order valence-electron chi connectivity index (χ2n) is 6.86. The van der Waals surface area contributed by atoms with Gasteiger partial charge in [-0.25, -0.2) is 4.39 Å². The van der Waals surface area contributed by atoms with Gasteiger partial charge in [-0.15, -0.1) is 0 Å². The van der Waals surface area contributed by atoms with Crippen molar-refractivity contribution in [2.45, 2.75) is 71.3 Å². The van der Waals surface area contributed by atoms with E-state index in [9.17, 15) is 4.39 Å². The molecular weight excluding hydrogens is 261 g/mol. The summed E-state index contributed by atoms with van der Waals surface area (Å²) in [7, 11) is 0. The molecule has 1 atom stereocenters. The first-order chi connectivity index (χ1) is 10.1. The quantitative estimate of drug-likeness (QED) is 0.784. The molecule has 1 unspecified atom stereocenters. The van der Waals surface area contributed by atoms with Crippen LogP contribution in [0.1, 0.15) is 63.0 Å². The van der Waals surface area contributed by atoms with Crippen molar-refractivity contribution in [3.05, 3.63) is 35.1 Å². The van der Waals surface area contributed by atoms with E-state index in [1.807, 2.05) is 13.0 Å². The normalized spacial score (nSPS) is 24.0. The van der Waals surface area contributed by atoms with Crippen LogP contribution in [-0.4, -0.2) is 6.04 Å². The van der Waals surface area contributed by atoms with Crippen LogP contribution in [0.25, 0.3) is 0 Å². The van der Waals surface area contributed by atoms with Crippen molar-refractivity contribution in [2.75, 3.05) is 0 Å². The summed E-state index contributed by atoms with van der Waals surface area (Å²) in [6.45, 7) is 4.25. The number of unbranched alkanes of at least 4 members (excludes halogenated alkanes) is 1. The molecule has 0 saturated heterocycles. The Bertz CT molecular complexity index is 435. The van der Waals surface area contributed by atoms with E-state index < -0.39 is 0 Å². The fraction of sp³-hybridized carbons (Fsp3) is 0.684. The summed E-state index contributed by atoms with van der Waals surface area (Å²) in [5.74, 6) is 1.43. The smallest absolute Gasteiger partial charge is 0.123 e. The zero-order chi connectivity index (χ0) is 15.2. The van der Waals surface area contributed by atoms with E-state index in [2.05, 4.69) is 6.92 Å². The second kappa shape index (κ2) is 7.93. The van der Waals surface area contributed by atoms with Crippen LogP contribution in [0.3, 0.4) is 0 Å². The van der Waals surface area contributed by atoms with Crippen molar-refractivity contribution in [1.82, 2.24) is 0 Å². The number of benzene rings is 1. The van der Waals surface area contributed by atoms with Gasteiger partial charge >= 0.3 is 0 Å². The van der Waals surface area contributed by atoms with Crippen molar-refractivity contribution in [3.8, 4) is 0 Å². The predicted octanol–water partition coefficient (Wildman–Crippen LogP) is 5.00. The van der Waals surface area contributed by atoms with E-state index in [1.54, 1.807) is 12.1 Å². The van der Waals surface area contributed by atoms with Gasteiger partial charge in [-0.2, -0.15) is 0 Å². The van der Waals surface area contributed by atoms with Gasteiger partial charge in [0.15, 0.2) is 0 Å². The summed E-state index contributed by atoms with van der Waals surface area (Å²) in [4.78, 5) is 0. The maximum absolute atomic E-state index is 13.2. The number of aryl methyl sites for hydroxylation is 1.